The molecule has 0 aromatic heterocycles. The van der Waals surface area contributed by atoms with Crippen LogP contribution in [0.4, 0.5) is 0 Å². The highest BCUT2D eigenvalue weighted by atomic mass is 15.1. The minimum Gasteiger partial charge on any atom is -0.306 e. The molecule has 0 aliphatic carbocycles. The highest BCUT2D eigenvalue weighted by Crippen LogP contribution is 2.39. The first-order chi connectivity index (χ1) is 5.12. The fourth-order valence-electron chi connectivity index (χ4n) is 2.97. The van der Waals surface area contributed by atoms with Crippen LogP contribution in [0.3, 0.4) is 0 Å². The molecule has 64 valence electrons. The van der Waals surface area contributed by atoms with Crippen molar-refractivity contribution in [1.82, 2.24) is 5.32 Å². The van der Waals surface area contributed by atoms with Crippen molar-refractivity contribution in [3.8, 4) is 0 Å². The summed E-state index contributed by atoms with van der Waals surface area (Å²) < 4.78 is 0. The molecule has 0 aromatic carbocycles. The lowest BCUT2D eigenvalue weighted by molar-refractivity contribution is 0.0932. The monoisotopic (exact) mass is 153 g/mol. The second-order valence-corrected chi connectivity index (χ2v) is 4.95. The molecule has 0 aromatic rings. The first kappa shape index (κ1) is 7.60. The summed E-state index contributed by atoms with van der Waals surface area (Å²) >= 11 is 0. The van der Waals surface area contributed by atoms with E-state index in [-0.39, 0.29) is 0 Å². The average molecular weight is 153 g/mol. The second-order valence-electron chi connectivity index (χ2n) is 4.95. The van der Waals surface area contributed by atoms with Crippen LogP contribution < -0.4 is 5.32 Å². The van der Waals surface area contributed by atoms with Gasteiger partial charge in [-0.3, -0.25) is 0 Å². The second kappa shape index (κ2) is 2.22. The summed E-state index contributed by atoms with van der Waals surface area (Å²) in [6, 6.07) is 0. The Bertz CT molecular complexity index is 136. The molecule has 2 heterocycles. The topological polar surface area (TPSA) is 12.0 Å². The van der Waals surface area contributed by atoms with Gasteiger partial charge in [-0.25, -0.2) is 0 Å². The number of piperidine rings is 2. The van der Waals surface area contributed by atoms with E-state index in [4.69, 9.17) is 0 Å². The van der Waals surface area contributed by atoms with Crippen LogP contribution in [0, 0.1) is 0 Å². The van der Waals surface area contributed by atoms with Crippen LogP contribution in [0.25, 0.3) is 0 Å². The van der Waals surface area contributed by atoms with Crippen molar-refractivity contribution in [2.45, 2.75) is 63.5 Å². The zero-order chi connectivity index (χ0) is 7.95. The van der Waals surface area contributed by atoms with Gasteiger partial charge in [-0.1, -0.05) is 0 Å². The molecule has 0 amide bonds. The number of fused-ring (bicyclic) bond motifs is 2. The summed E-state index contributed by atoms with van der Waals surface area (Å²) in [6.45, 7) is 4.78. The highest BCUT2D eigenvalue weighted by Gasteiger charge is 2.41. The molecule has 1 heteroatoms. The van der Waals surface area contributed by atoms with Crippen LogP contribution >= 0.6 is 0 Å². The Morgan fingerprint density at radius 2 is 1.18 bits per heavy atom. The van der Waals surface area contributed by atoms with Crippen molar-refractivity contribution in [1.29, 1.82) is 0 Å². The lowest BCUT2D eigenvalue weighted by atomic mass is 9.71. The Balaban J connectivity index is 2.16. The van der Waals surface area contributed by atoms with E-state index < -0.39 is 0 Å². The molecule has 0 spiro atoms. The van der Waals surface area contributed by atoms with Crippen molar-refractivity contribution in [2.75, 3.05) is 0 Å². The van der Waals surface area contributed by atoms with E-state index in [1.807, 2.05) is 0 Å². The standard InChI is InChI=1S/C10H19N/c1-9-5-3-7-10(2,11-9)8-4-6-9/h11H,3-8H2,1-2H3. The molecule has 0 saturated carbocycles. The largest absolute Gasteiger partial charge is 0.306 e. The number of hydrogen-bond donors (Lipinski definition) is 1. The van der Waals surface area contributed by atoms with Gasteiger partial charge in [-0.2, -0.15) is 0 Å². The zero-order valence-electron chi connectivity index (χ0n) is 7.74. The minimum absolute atomic E-state index is 0.491. The van der Waals surface area contributed by atoms with Gasteiger partial charge in [0.25, 0.3) is 0 Å². The maximum atomic E-state index is 3.81. The lowest BCUT2D eigenvalue weighted by Crippen LogP contribution is -2.61. The van der Waals surface area contributed by atoms with Crippen LogP contribution in [0.15, 0.2) is 0 Å². The Kier molecular flexibility index (Phi) is 1.54. The molecule has 1 N–H and O–H groups in total. The fourth-order valence-corrected chi connectivity index (χ4v) is 2.97. The molecule has 11 heavy (non-hydrogen) atoms. The molecular weight excluding hydrogens is 134 g/mol. The summed E-state index contributed by atoms with van der Waals surface area (Å²) in [6.07, 6.45) is 8.43. The van der Waals surface area contributed by atoms with Crippen LogP contribution in [0.2, 0.25) is 0 Å². The fraction of sp³-hybridized carbons (Fsp3) is 1.00. The Hall–Kier alpha value is -0.0400. The predicted octanol–water partition coefficient (Wildman–Crippen LogP) is 2.46. The van der Waals surface area contributed by atoms with Gasteiger partial charge >= 0.3 is 0 Å². The average Bonchev–Trinajstić information content (AvgIpc) is 1.83. The van der Waals surface area contributed by atoms with Gasteiger partial charge in [0.05, 0.1) is 0 Å². The molecule has 2 aliphatic heterocycles. The molecule has 1 nitrogen and oxygen atoms in total. The van der Waals surface area contributed by atoms with Crippen LogP contribution in [-0.4, -0.2) is 11.1 Å². The third kappa shape index (κ3) is 1.31. The van der Waals surface area contributed by atoms with E-state index >= 15 is 0 Å². The van der Waals surface area contributed by atoms with Crippen molar-refractivity contribution in [3.05, 3.63) is 0 Å². The van der Waals surface area contributed by atoms with E-state index in [9.17, 15) is 0 Å². The van der Waals surface area contributed by atoms with Crippen LogP contribution in [-0.2, 0) is 0 Å². The lowest BCUT2D eigenvalue weighted by Gasteiger charge is -2.50. The van der Waals surface area contributed by atoms with Crippen LogP contribution in [0.1, 0.15) is 52.4 Å². The minimum atomic E-state index is 0.491. The maximum Gasteiger partial charge on any atom is 0.0158 e. The SMILES string of the molecule is CC12CCCC(C)(CCC1)N2. The molecule has 2 saturated heterocycles. The van der Waals surface area contributed by atoms with E-state index in [1.165, 1.54) is 38.5 Å². The van der Waals surface area contributed by atoms with Gasteiger partial charge in [0.15, 0.2) is 0 Å². The molecule has 2 fully saturated rings. The van der Waals surface area contributed by atoms with E-state index in [0.29, 0.717) is 11.1 Å². The Labute approximate surface area is 69.6 Å². The normalized spacial score (nSPS) is 50.7. The molecule has 2 aliphatic rings. The highest BCUT2D eigenvalue weighted by molar-refractivity contribution is 5.01. The maximum absolute atomic E-state index is 3.81. The van der Waals surface area contributed by atoms with E-state index in [1.54, 1.807) is 0 Å². The molecule has 2 bridgehead atoms. The molecule has 2 rings (SSSR count). The Morgan fingerprint density at radius 1 is 0.818 bits per heavy atom. The number of hydrogen-bond acceptors (Lipinski definition) is 1. The summed E-state index contributed by atoms with van der Waals surface area (Å²) in [4.78, 5) is 0. The van der Waals surface area contributed by atoms with Crippen molar-refractivity contribution in [2.24, 2.45) is 0 Å². The molecular formula is C10H19N. The van der Waals surface area contributed by atoms with Crippen LogP contribution in [0.5, 0.6) is 0 Å². The first-order valence-electron chi connectivity index (χ1n) is 4.91. The summed E-state index contributed by atoms with van der Waals surface area (Å²) in [7, 11) is 0. The third-order valence-corrected chi connectivity index (χ3v) is 3.52. The summed E-state index contributed by atoms with van der Waals surface area (Å²) in [5, 5.41) is 3.81. The molecule has 0 unspecified atom stereocenters. The van der Waals surface area contributed by atoms with Gasteiger partial charge in [0.1, 0.15) is 0 Å². The number of nitrogens with one attached hydrogen (secondary N) is 1. The Morgan fingerprint density at radius 3 is 1.45 bits per heavy atom. The molecule has 0 radical (unpaired) electrons. The van der Waals surface area contributed by atoms with Crippen molar-refractivity contribution < 1.29 is 0 Å². The van der Waals surface area contributed by atoms with Crippen molar-refractivity contribution >= 4 is 0 Å². The summed E-state index contributed by atoms with van der Waals surface area (Å²) in [5.41, 5.74) is 0.983. The quantitative estimate of drug-likeness (QED) is 0.563. The van der Waals surface area contributed by atoms with Crippen molar-refractivity contribution in [3.63, 3.8) is 0 Å². The van der Waals surface area contributed by atoms with E-state index in [0.717, 1.165) is 0 Å². The van der Waals surface area contributed by atoms with Gasteiger partial charge in [0, 0.05) is 11.1 Å². The zero-order valence-corrected chi connectivity index (χ0v) is 7.74. The smallest absolute Gasteiger partial charge is 0.0158 e. The van der Waals surface area contributed by atoms with E-state index in [2.05, 4.69) is 19.2 Å². The predicted molar refractivity (Wildman–Crippen MR) is 47.6 cm³/mol. The number of rotatable bonds is 0. The van der Waals surface area contributed by atoms with Gasteiger partial charge in [-0.15, -0.1) is 0 Å². The van der Waals surface area contributed by atoms with Gasteiger partial charge in [-0.05, 0) is 52.4 Å². The molecule has 0 atom stereocenters. The first-order valence-corrected chi connectivity index (χ1v) is 4.91. The third-order valence-electron chi connectivity index (χ3n) is 3.52. The summed E-state index contributed by atoms with van der Waals surface area (Å²) in [5.74, 6) is 0. The van der Waals surface area contributed by atoms with Gasteiger partial charge < -0.3 is 5.32 Å². The van der Waals surface area contributed by atoms with Gasteiger partial charge in [0.2, 0.25) is 0 Å².